The van der Waals surface area contributed by atoms with E-state index in [0.29, 0.717) is 22.9 Å². The number of anilines is 1. The molecular formula is C25H28N2O2. The fourth-order valence-electron chi connectivity index (χ4n) is 4.54. The summed E-state index contributed by atoms with van der Waals surface area (Å²) in [6, 6.07) is 13.7. The van der Waals surface area contributed by atoms with E-state index in [4.69, 9.17) is 0 Å². The summed E-state index contributed by atoms with van der Waals surface area (Å²) >= 11 is 0. The number of carbonyl (C=O) groups is 2. The Kier molecular flexibility index (Phi) is 5.03. The van der Waals surface area contributed by atoms with Crippen molar-refractivity contribution in [3.8, 4) is 0 Å². The third-order valence-electron chi connectivity index (χ3n) is 5.94. The Bertz CT molecular complexity index is 1020. The van der Waals surface area contributed by atoms with Crippen LogP contribution in [0.5, 0.6) is 0 Å². The monoisotopic (exact) mass is 388 g/mol. The molecule has 0 spiro atoms. The predicted molar refractivity (Wildman–Crippen MR) is 116 cm³/mol. The van der Waals surface area contributed by atoms with Gasteiger partial charge in [0.2, 0.25) is 0 Å². The van der Waals surface area contributed by atoms with Crippen LogP contribution in [0.1, 0.15) is 42.0 Å². The maximum atomic E-state index is 13.6. The molecule has 0 radical (unpaired) electrons. The fraction of sp³-hybridized carbons (Fsp3) is 0.360. The number of piperidine rings is 1. The average molecular weight is 389 g/mol. The highest BCUT2D eigenvalue weighted by atomic mass is 16.2. The average Bonchev–Trinajstić information content (AvgIpc) is 2.92. The lowest BCUT2D eigenvalue weighted by molar-refractivity contribution is -0.120. The molecule has 4 rings (SSSR count). The number of imide groups is 1. The fourth-order valence-corrected chi connectivity index (χ4v) is 4.54. The number of hydrogen-bond donors (Lipinski definition) is 0. The van der Waals surface area contributed by atoms with E-state index in [1.807, 2.05) is 57.2 Å². The number of aryl methyl sites for hydroxylation is 3. The first-order valence-electron chi connectivity index (χ1n) is 10.4. The van der Waals surface area contributed by atoms with Gasteiger partial charge < -0.3 is 4.90 Å². The molecule has 29 heavy (non-hydrogen) atoms. The highest BCUT2D eigenvalue weighted by molar-refractivity contribution is 6.45. The van der Waals surface area contributed by atoms with Crippen molar-refractivity contribution in [2.45, 2.75) is 40.5 Å². The minimum atomic E-state index is -0.222. The maximum absolute atomic E-state index is 13.6. The molecule has 0 N–H and O–H groups in total. The molecular weight excluding hydrogens is 360 g/mol. The number of rotatable bonds is 3. The minimum absolute atomic E-state index is 0.204. The zero-order valence-corrected chi connectivity index (χ0v) is 17.7. The molecule has 2 aromatic carbocycles. The molecule has 0 bridgehead atoms. The molecule has 1 fully saturated rings. The maximum Gasteiger partial charge on any atom is 0.282 e. The molecule has 1 atom stereocenters. The van der Waals surface area contributed by atoms with Crippen molar-refractivity contribution in [1.29, 1.82) is 0 Å². The van der Waals surface area contributed by atoms with E-state index in [0.717, 1.165) is 48.2 Å². The second-order valence-corrected chi connectivity index (χ2v) is 8.52. The summed E-state index contributed by atoms with van der Waals surface area (Å²) in [5.74, 6) is 0.0815. The van der Waals surface area contributed by atoms with Crippen molar-refractivity contribution in [3.63, 3.8) is 0 Å². The third kappa shape index (κ3) is 3.48. The molecule has 2 aromatic rings. The van der Waals surface area contributed by atoms with Gasteiger partial charge in [0, 0.05) is 13.1 Å². The standard InChI is InChI=1S/C25H28N2O2/c1-16-7-5-9-20(14-16)27-24(28)22(21-11-10-17(2)13-19(21)4)23(25(27)29)26-12-6-8-18(3)15-26/h5,7,9-11,13-14,18H,6,8,12,15H2,1-4H3. The number of carbonyl (C=O) groups excluding carboxylic acids is 2. The Balaban J connectivity index is 1.87. The van der Waals surface area contributed by atoms with Crippen LogP contribution in [-0.2, 0) is 9.59 Å². The zero-order valence-electron chi connectivity index (χ0n) is 17.7. The molecule has 4 nitrogen and oxygen atoms in total. The number of amides is 2. The van der Waals surface area contributed by atoms with Gasteiger partial charge in [0.1, 0.15) is 5.70 Å². The largest absolute Gasteiger partial charge is 0.366 e. The molecule has 4 heteroatoms. The number of likely N-dealkylation sites (tertiary alicyclic amines) is 1. The van der Waals surface area contributed by atoms with Gasteiger partial charge in [0.05, 0.1) is 11.3 Å². The lowest BCUT2D eigenvalue weighted by atomic mass is 9.95. The number of benzene rings is 2. The summed E-state index contributed by atoms with van der Waals surface area (Å²) in [6.45, 7) is 9.86. The molecule has 0 aromatic heterocycles. The van der Waals surface area contributed by atoms with Gasteiger partial charge in [-0.3, -0.25) is 9.59 Å². The molecule has 0 saturated carbocycles. The van der Waals surface area contributed by atoms with Crippen molar-refractivity contribution in [2.24, 2.45) is 5.92 Å². The lowest BCUT2D eigenvalue weighted by Gasteiger charge is -2.33. The number of hydrogen-bond acceptors (Lipinski definition) is 3. The summed E-state index contributed by atoms with van der Waals surface area (Å²) in [5, 5.41) is 0. The van der Waals surface area contributed by atoms with Gasteiger partial charge >= 0.3 is 0 Å². The lowest BCUT2D eigenvalue weighted by Crippen LogP contribution is -2.39. The second-order valence-electron chi connectivity index (χ2n) is 8.52. The van der Waals surface area contributed by atoms with Crippen LogP contribution in [0.15, 0.2) is 48.2 Å². The van der Waals surface area contributed by atoms with Crippen LogP contribution in [0.25, 0.3) is 5.57 Å². The molecule has 2 aliphatic heterocycles. The van der Waals surface area contributed by atoms with Crippen LogP contribution in [0.3, 0.4) is 0 Å². The van der Waals surface area contributed by atoms with Crippen molar-refractivity contribution >= 4 is 23.1 Å². The van der Waals surface area contributed by atoms with E-state index < -0.39 is 0 Å². The first kappa shape index (κ1) is 19.4. The molecule has 150 valence electrons. The van der Waals surface area contributed by atoms with Gasteiger partial charge in [-0.2, -0.15) is 0 Å². The summed E-state index contributed by atoms with van der Waals surface area (Å²) in [4.78, 5) is 30.7. The first-order chi connectivity index (χ1) is 13.9. The van der Waals surface area contributed by atoms with Gasteiger partial charge in [-0.1, -0.05) is 42.8 Å². The number of nitrogens with zero attached hydrogens (tertiary/aromatic N) is 2. The van der Waals surface area contributed by atoms with Crippen LogP contribution in [0, 0.1) is 26.7 Å². The van der Waals surface area contributed by atoms with Crippen molar-refractivity contribution < 1.29 is 9.59 Å². The SMILES string of the molecule is Cc1cccc(N2C(=O)C(c3ccc(C)cc3C)=C(N3CCCC(C)C3)C2=O)c1. The third-order valence-corrected chi connectivity index (χ3v) is 5.94. The Hall–Kier alpha value is -2.88. The topological polar surface area (TPSA) is 40.6 Å². The van der Waals surface area contributed by atoms with Crippen molar-refractivity contribution in [2.75, 3.05) is 18.0 Å². The van der Waals surface area contributed by atoms with Gasteiger partial charge in [-0.25, -0.2) is 4.90 Å². The predicted octanol–water partition coefficient (Wildman–Crippen LogP) is 4.63. The molecule has 2 heterocycles. The highest BCUT2D eigenvalue weighted by Gasteiger charge is 2.43. The van der Waals surface area contributed by atoms with Gasteiger partial charge in [-0.15, -0.1) is 0 Å². The van der Waals surface area contributed by atoms with Crippen LogP contribution >= 0.6 is 0 Å². The van der Waals surface area contributed by atoms with Crippen LogP contribution in [0.2, 0.25) is 0 Å². The van der Waals surface area contributed by atoms with Gasteiger partial charge in [-0.05, 0) is 68.4 Å². The highest BCUT2D eigenvalue weighted by Crippen LogP contribution is 2.37. The second kappa shape index (κ2) is 7.51. The summed E-state index contributed by atoms with van der Waals surface area (Å²) in [5.41, 5.74) is 5.80. The van der Waals surface area contributed by atoms with Crippen LogP contribution in [-0.4, -0.2) is 29.8 Å². The Labute approximate surface area is 172 Å². The minimum Gasteiger partial charge on any atom is -0.366 e. The van der Waals surface area contributed by atoms with E-state index >= 15 is 0 Å². The van der Waals surface area contributed by atoms with Crippen molar-refractivity contribution in [3.05, 3.63) is 70.4 Å². The van der Waals surface area contributed by atoms with E-state index in [1.54, 1.807) is 0 Å². The summed E-state index contributed by atoms with van der Waals surface area (Å²) in [7, 11) is 0. The normalized spacial score (nSPS) is 20.1. The Morgan fingerprint density at radius 1 is 0.931 bits per heavy atom. The Morgan fingerprint density at radius 2 is 1.69 bits per heavy atom. The smallest absolute Gasteiger partial charge is 0.282 e. The Morgan fingerprint density at radius 3 is 2.38 bits per heavy atom. The van der Waals surface area contributed by atoms with Gasteiger partial charge in [0.25, 0.3) is 11.8 Å². The first-order valence-corrected chi connectivity index (χ1v) is 10.4. The summed E-state index contributed by atoms with van der Waals surface area (Å²) < 4.78 is 0. The van der Waals surface area contributed by atoms with E-state index in [9.17, 15) is 9.59 Å². The molecule has 0 aliphatic carbocycles. The van der Waals surface area contributed by atoms with Gasteiger partial charge in [0.15, 0.2) is 0 Å². The van der Waals surface area contributed by atoms with E-state index in [1.165, 1.54) is 4.90 Å². The summed E-state index contributed by atoms with van der Waals surface area (Å²) in [6.07, 6.45) is 2.20. The van der Waals surface area contributed by atoms with E-state index in [2.05, 4.69) is 17.9 Å². The van der Waals surface area contributed by atoms with Crippen LogP contribution < -0.4 is 4.90 Å². The van der Waals surface area contributed by atoms with E-state index in [-0.39, 0.29) is 11.8 Å². The zero-order chi connectivity index (χ0) is 20.7. The molecule has 1 unspecified atom stereocenters. The molecule has 1 saturated heterocycles. The van der Waals surface area contributed by atoms with Crippen LogP contribution in [0.4, 0.5) is 5.69 Å². The quantitative estimate of drug-likeness (QED) is 0.720. The van der Waals surface area contributed by atoms with Crippen molar-refractivity contribution in [1.82, 2.24) is 4.90 Å². The molecule has 2 aliphatic rings. The molecule has 2 amide bonds.